The van der Waals surface area contributed by atoms with E-state index < -0.39 is 49.5 Å². The molecule has 0 aromatic rings. The fourth-order valence-corrected chi connectivity index (χ4v) is 11.6. The van der Waals surface area contributed by atoms with Crippen LogP contribution in [-0.2, 0) is 23.8 Å². The minimum Gasteiger partial charge on any atom is -0.466 e. The first-order chi connectivity index (χ1) is 40.7. The molecule has 1 aliphatic rings. The standard InChI is InChI=1S/C72H137NO10/c1-3-5-7-9-11-13-39-44-48-52-56-60-68(77)81-61-57-53-49-45-41-38-36-34-32-30-28-26-24-22-20-18-16-14-15-17-19-21-23-25-27-29-31-33-35-37-40-43-47-51-55-59-67(76)73-64(65(75)58-54-50-46-42-12-10-8-6-4-2)63-82-72-71(80)70(79)69(78)66(62-74)83-72/h9,11,54,58,64-66,69-72,74-75,78-80H,3-8,10,12-53,55-57,59-63H2,1-2H3,(H,73,76)/b11-9-,58-54+. The highest BCUT2D eigenvalue weighted by atomic mass is 16.7. The molecule has 1 amide bonds. The number of hydrogen-bond acceptors (Lipinski definition) is 10. The number of amides is 1. The molecule has 11 nitrogen and oxygen atoms in total. The number of ether oxygens (including phenoxy) is 3. The Bertz CT molecular complexity index is 1430. The van der Waals surface area contributed by atoms with Crippen molar-refractivity contribution in [2.75, 3.05) is 19.8 Å². The van der Waals surface area contributed by atoms with Gasteiger partial charge in [-0.1, -0.05) is 321 Å². The second-order valence-electron chi connectivity index (χ2n) is 25.3. The van der Waals surface area contributed by atoms with Crippen molar-refractivity contribution in [3.63, 3.8) is 0 Å². The monoisotopic (exact) mass is 1180 g/mol. The van der Waals surface area contributed by atoms with Crippen LogP contribution in [0.4, 0.5) is 0 Å². The number of rotatable bonds is 64. The second kappa shape index (κ2) is 61.8. The minimum absolute atomic E-state index is 0.00510. The van der Waals surface area contributed by atoms with Crippen LogP contribution in [0.1, 0.15) is 361 Å². The molecule has 0 radical (unpaired) electrons. The van der Waals surface area contributed by atoms with Crippen LogP contribution < -0.4 is 5.32 Å². The molecule has 1 fully saturated rings. The molecule has 0 saturated carbocycles. The minimum atomic E-state index is -1.57. The predicted octanol–water partition coefficient (Wildman–Crippen LogP) is 18.4. The number of aliphatic hydroxyl groups excluding tert-OH is 5. The van der Waals surface area contributed by atoms with Crippen LogP contribution in [0.3, 0.4) is 0 Å². The molecular weight excluding hydrogens is 1040 g/mol. The van der Waals surface area contributed by atoms with Crippen LogP contribution in [-0.4, -0.2) is 100 Å². The summed E-state index contributed by atoms with van der Waals surface area (Å²) in [5.74, 6) is -0.172. The van der Waals surface area contributed by atoms with E-state index in [0.717, 1.165) is 57.8 Å². The highest BCUT2D eigenvalue weighted by Gasteiger charge is 2.44. The van der Waals surface area contributed by atoms with Crippen molar-refractivity contribution in [2.45, 2.75) is 403 Å². The van der Waals surface area contributed by atoms with Gasteiger partial charge in [0.25, 0.3) is 0 Å². The van der Waals surface area contributed by atoms with Crippen molar-refractivity contribution in [1.82, 2.24) is 5.32 Å². The molecule has 1 aliphatic heterocycles. The SMILES string of the molecule is CCCC/C=C\CCCCCCCC(=O)OCCCCCCCCCCCCCCCCCCCCCCCCCCCCCCCCCCCCCC(=O)NC(COC1OC(CO)C(O)C(O)C1O)C(O)/C=C/CCCCCCCCC. The van der Waals surface area contributed by atoms with Crippen molar-refractivity contribution in [1.29, 1.82) is 0 Å². The number of allylic oxidation sites excluding steroid dienone is 3. The first-order valence-corrected chi connectivity index (χ1v) is 36.1. The highest BCUT2D eigenvalue weighted by Crippen LogP contribution is 2.23. The third-order valence-corrected chi connectivity index (χ3v) is 17.3. The first kappa shape index (κ1) is 79.2. The molecular formula is C72H137NO10. The van der Waals surface area contributed by atoms with Gasteiger partial charge in [0.05, 0.1) is 32.0 Å². The summed E-state index contributed by atoms with van der Waals surface area (Å²) in [5.41, 5.74) is 0. The van der Waals surface area contributed by atoms with Crippen LogP contribution in [0.2, 0.25) is 0 Å². The summed E-state index contributed by atoms with van der Waals surface area (Å²) in [6.07, 6.45) is 67.8. The van der Waals surface area contributed by atoms with Gasteiger partial charge in [-0.15, -0.1) is 0 Å². The summed E-state index contributed by atoms with van der Waals surface area (Å²) in [5, 5.41) is 54.3. The molecule has 6 N–H and O–H groups in total. The van der Waals surface area contributed by atoms with Crippen molar-refractivity contribution in [3.05, 3.63) is 24.3 Å². The maximum absolute atomic E-state index is 13.0. The second-order valence-corrected chi connectivity index (χ2v) is 25.3. The Balaban J connectivity index is 1.87. The summed E-state index contributed by atoms with van der Waals surface area (Å²) in [6, 6.07) is -0.804. The van der Waals surface area contributed by atoms with Crippen LogP contribution in [0.15, 0.2) is 24.3 Å². The quantitative estimate of drug-likeness (QED) is 0.0195. The topological polar surface area (TPSA) is 175 Å². The zero-order chi connectivity index (χ0) is 60.2. The van der Waals surface area contributed by atoms with E-state index >= 15 is 0 Å². The molecule has 0 aromatic heterocycles. The molecule has 0 spiro atoms. The molecule has 0 bridgehead atoms. The molecule has 0 aliphatic carbocycles. The smallest absolute Gasteiger partial charge is 0.305 e. The van der Waals surface area contributed by atoms with Gasteiger partial charge < -0.3 is 45.1 Å². The van der Waals surface area contributed by atoms with E-state index in [2.05, 4.69) is 31.3 Å². The van der Waals surface area contributed by atoms with E-state index in [1.54, 1.807) is 6.08 Å². The Morgan fingerprint density at radius 3 is 1.19 bits per heavy atom. The number of carbonyl (C=O) groups is 2. The third kappa shape index (κ3) is 50.8. The maximum atomic E-state index is 13.0. The molecule has 490 valence electrons. The molecule has 11 heteroatoms. The van der Waals surface area contributed by atoms with Gasteiger partial charge in [-0.2, -0.15) is 0 Å². The van der Waals surface area contributed by atoms with E-state index in [1.807, 2.05) is 6.08 Å². The van der Waals surface area contributed by atoms with Crippen LogP contribution in [0.25, 0.3) is 0 Å². The van der Waals surface area contributed by atoms with Gasteiger partial charge in [-0.05, 0) is 51.4 Å². The van der Waals surface area contributed by atoms with Gasteiger partial charge in [0.15, 0.2) is 6.29 Å². The maximum Gasteiger partial charge on any atom is 0.305 e. The zero-order valence-corrected chi connectivity index (χ0v) is 54.4. The lowest BCUT2D eigenvalue weighted by Gasteiger charge is -2.40. The highest BCUT2D eigenvalue weighted by molar-refractivity contribution is 5.76. The molecule has 0 aromatic carbocycles. The average Bonchev–Trinajstić information content (AvgIpc) is 3.68. The number of aliphatic hydroxyl groups is 5. The molecule has 83 heavy (non-hydrogen) atoms. The fourth-order valence-electron chi connectivity index (χ4n) is 11.6. The van der Waals surface area contributed by atoms with Crippen molar-refractivity contribution >= 4 is 11.9 Å². The number of nitrogens with one attached hydrogen (secondary N) is 1. The molecule has 1 heterocycles. The Hall–Kier alpha value is -1.86. The van der Waals surface area contributed by atoms with E-state index in [4.69, 9.17) is 14.2 Å². The lowest BCUT2D eigenvalue weighted by molar-refractivity contribution is -0.302. The van der Waals surface area contributed by atoms with Crippen LogP contribution in [0, 0.1) is 0 Å². The third-order valence-electron chi connectivity index (χ3n) is 17.3. The zero-order valence-electron chi connectivity index (χ0n) is 54.4. The van der Waals surface area contributed by atoms with E-state index in [0.29, 0.717) is 19.4 Å². The van der Waals surface area contributed by atoms with E-state index in [1.165, 1.54) is 276 Å². The normalized spacial score (nSPS) is 18.2. The number of unbranched alkanes of at least 4 members (excludes halogenated alkanes) is 48. The lowest BCUT2D eigenvalue weighted by Crippen LogP contribution is -2.60. The summed E-state index contributed by atoms with van der Waals surface area (Å²) in [4.78, 5) is 25.0. The van der Waals surface area contributed by atoms with Crippen LogP contribution >= 0.6 is 0 Å². The van der Waals surface area contributed by atoms with Gasteiger partial charge in [-0.25, -0.2) is 0 Å². The average molecular weight is 1180 g/mol. The van der Waals surface area contributed by atoms with E-state index in [-0.39, 0.29) is 18.5 Å². The number of carbonyl (C=O) groups excluding carboxylic acids is 2. The van der Waals surface area contributed by atoms with Gasteiger partial charge >= 0.3 is 5.97 Å². The summed E-state index contributed by atoms with van der Waals surface area (Å²) >= 11 is 0. The summed E-state index contributed by atoms with van der Waals surface area (Å²) in [6.45, 7) is 4.32. The van der Waals surface area contributed by atoms with Gasteiger partial charge in [0, 0.05) is 12.8 Å². The van der Waals surface area contributed by atoms with Gasteiger partial charge in [-0.3, -0.25) is 9.59 Å². The van der Waals surface area contributed by atoms with Crippen molar-refractivity contribution in [2.24, 2.45) is 0 Å². The Labute approximate surface area is 511 Å². The molecule has 1 rings (SSSR count). The first-order valence-electron chi connectivity index (χ1n) is 36.1. The Kier molecular flexibility index (Phi) is 58.9. The van der Waals surface area contributed by atoms with Gasteiger partial charge in [0.2, 0.25) is 5.91 Å². The Morgan fingerprint density at radius 2 is 0.783 bits per heavy atom. The molecule has 7 unspecified atom stereocenters. The summed E-state index contributed by atoms with van der Waals surface area (Å²) < 4.78 is 16.7. The summed E-state index contributed by atoms with van der Waals surface area (Å²) in [7, 11) is 0. The fraction of sp³-hybridized carbons (Fsp3) is 0.917. The van der Waals surface area contributed by atoms with Crippen molar-refractivity contribution < 1.29 is 49.3 Å². The lowest BCUT2D eigenvalue weighted by atomic mass is 9.99. The van der Waals surface area contributed by atoms with Crippen LogP contribution in [0.5, 0.6) is 0 Å². The van der Waals surface area contributed by atoms with Crippen molar-refractivity contribution in [3.8, 4) is 0 Å². The Morgan fingerprint density at radius 1 is 0.434 bits per heavy atom. The van der Waals surface area contributed by atoms with E-state index in [9.17, 15) is 35.1 Å². The molecule has 7 atom stereocenters. The number of hydrogen-bond donors (Lipinski definition) is 6. The molecule has 1 saturated heterocycles. The predicted molar refractivity (Wildman–Crippen MR) is 348 cm³/mol. The largest absolute Gasteiger partial charge is 0.466 e. The van der Waals surface area contributed by atoms with Gasteiger partial charge in [0.1, 0.15) is 24.4 Å². The number of esters is 1.